The number of nitrogens with zero attached hydrogens (tertiary/aromatic N) is 1. The van der Waals surface area contributed by atoms with Crippen LogP contribution in [0.3, 0.4) is 0 Å². The van der Waals surface area contributed by atoms with E-state index in [9.17, 15) is 4.79 Å². The summed E-state index contributed by atoms with van der Waals surface area (Å²) in [5, 5.41) is 6.12. The number of carbonyl (C=O) groups is 1. The first-order chi connectivity index (χ1) is 7.43. The summed E-state index contributed by atoms with van der Waals surface area (Å²) in [7, 11) is 1.81. The van der Waals surface area contributed by atoms with E-state index in [1.165, 1.54) is 0 Å². The molecule has 88 valence electrons. The fourth-order valence-corrected chi connectivity index (χ4v) is 1.47. The standard InChI is InChI=1S/C11H18N4O/c1-11(2,7-8(12)16)15-10-6-4-5-9(13-3)14-10/h4-6H,7H2,1-3H3,(H2,12,16)(H2,13,14,15). The summed E-state index contributed by atoms with van der Waals surface area (Å²) in [6.45, 7) is 3.82. The van der Waals surface area contributed by atoms with Gasteiger partial charge in [-0.25, -0.2) is 4.98 Å². The number of hydrogen-bond donors (Lipinski definition) is 3. The number of aromatic nitrogens is 1. The van der Waals surface area contributed by atoms with Gasteiger partial charge in [-0.1, -0.05) is 6.07 Å². The molecule has 0 aliphatic rings. The molecule has 4 N–H and O–H groups in total. The highest BCUT2D eigenvalue weighted by Gasteiger charge is 2.20. The van der Waals surface area contributed by atoms with E-state index < -0.39 is 5.54 Å². The van der Waals surface area contributed by atoms with E-state index in [-0.39, 0.29) is 12.3 Å². The molecule has 0 unspecified atom stereocenters. The maximum Gasteiger partial charge on any atom is 0.219 e. The first-order valence-corrected chi connectivity index (χ1v) is 5.14. The van der Waals surface area contributed by atoms with Crippen LogP contribution in [0.15, 0.2) is 18.2 Å². The first-order valence-electron chi connectivity index (χ1n) is 5.14. The SMILES string of the molecule is CNc1cccc(NC(C)(C)CC(N)=O)n1. The van der Waals surface area contributed by atoms with Crippen LogP contribution in [-0.2, 0) is 4.79 Å². The average molecular weight is 222 g/mol. The summed E-state index contributed by atoms with van der Waals surface area (Å²) in [6, 6.07) is 5.61. The minimum atomic E-state index is -0.398. The lowest BCUT2D eigenvalue weighted by Gasteiger charge is -2.25. The molecular formula is C11H18N4O. The van der Waals surface area contributed by atoms with Gasteiger partial charge in [-0.3, -0.25) is 4.79 Å². The highest BCUT2D eigenvalue weighted by atomic mass is 16.1. The topological polar surface area (TPSA) is 80.0 Å². The Balaban J connectivity index is 2.75. The van der Waals surface area contributed by atoms with Gasteiger partial charge in [0.1, 0.15) is 11.6 Å². The molecule has 16 heavy (non-hydrogen) atoms. The van der Waals surface area contributed by atoms with Gasteiger partial charge in [-0.05, 0) is 26.0 Å². The summed E-state index contributed by atoms with van der Waals surface area (Å²) in [6.07, 6.45) is 0.262. The third-order valence-electron chi connectivity index (χ3n) is 2.09. The Kier molecular flexibility index (Phi) is 3.71. The molecule has 0 bridgehead atoms. The lowest BCUT2D eigenvalue weighted by atomic mass is 10.0. The minimum absolute atomic E-state index is 0.262. The highest BCUT2D eigenvalue weighted by molar-refractivity contribution is 5.75. The van der Waals surface area contributed by atoms with Gasteiger partial charge in [-0.2, -0.15) is 0 Å². The van der Waals surface area contributed by atoms with Crippen molar-refractivity contribution < 1.29 is 4.79 Å². The van der Waals surface area contributed by atoms with Gasteiger partial charge in [-0.15, -0.1) is 0 Å². The number of nitrogens with one attached hydrogen (secondary N) is 2. The monoisotopic (exact) mass is 222 g/mol. The number of nitrogens with two attached hydrogens (primary N) is 1. The van der Waals surface area contributed by atoms with Crippen molar-refractivity contribution >= 4 is 17.5 Å². The Morgan fingerprint density at radius 3 is 2.62 bits per heavy atom. The Morgan fingerprint density at radius 1 is 1.44 bits per heavy atom. The summed E-state index contributed by atoms with van der Waals surface area (Å²) >= 11 is 0. The third-order valence-corrected chi connectivity index (χ3v) is 2.09. The second-order valence-corrected chi connectivity index (χ2v) is 4.31. The van der Waals surface area contributed by atoms with Crippen LogP contribution in [0.5, 0.6) is 0 Å². The zero-order valence-electron chi connectivity index (χ0n) is 9.87. The molecule has 0 spiro atoms. The van der Waals surface area contributed by atoms with Crippen molar-refractivity contribution in [1.29, 1.82) is 0 Å². The van der Waals surface area contributed by atoms with Gasteiger partial charge >= 0.3 is 0 Å². The van der Waals surface area contributed by atoms with E-state index in [0.29, 0.717) is 0 Å². The molecule has 0 saturated heterocycles. The fourth-order valence-electron chi connectivity index (χ4n) is 1.47. The van der Waals surface area contributed by atoms with Crippen LogP contribution >= 0.6 is 0 Å². The second kappa shape index (κ2) is 4.83. The molecule has 1 amide bonds. The molecule has 0 aliphatic carbocycles. The molecule has 1 aromatic rings. The van der Waals surface area contributed by atoms with E-state index in [1.54, 1.807) is 7.05 Å². The van der Waals surface area contributed by atoms with Gasteiger partial charge in [0.15, 0.2) is 0 Å². The number of rotatable bonds is 5. The van der Waals surface area contributed by atoms with Crippen LogP contribution in [0.4, 0.5) is 11.6 Å². The van der Waals surface area contributed by atoms with Crippen LogP contribution in [0.1, 0.15) is 20.3 Å². The highest BCUT2D eigenvalue weighted by Crippen LogP contribution is 2.17. The molecule has 0 atom stereocenters. The number of primary amides is 1. The maximum absolute atomic E-state index is 10.9. The van der Waals surface area contributed by atoms with Crippen molar-refractivity contribution in [2.45, 2.75) is 25.8 Å². The van der Waals surface area contributed by atoms with Gasteiger partial charge in [0, 0.05) is 19.0 Å². The van der Waals surface area contributed by atoms with Crippen LogP contribution in [0.25, 0.3) is 0 Å². The Bertz CT molecular complexity index is 376. The number of hydrogen-bond acceptors (Lipinski definition) is 4. The molecule has 0 aromatic carbocycles. The molecule has 5 heteroatoms. The normalized spacial score (nSPS) is 10.9. The minimum Gasteiger partial charge on any atom is -0.373 e. The van der Waals surface area contributed by atoms with E-state index in [2.05, 4.69) is 15.6 Å². The molecule has 1 heterocycles. The van der Waals surface area contributed by atoms with Crippen LogP contribution < -0.4 is 16.4 Å². The van der Waals surface area contributed by atoms with Crippen LogP contribution in [0.2, 0.25) is 0 Å². The predicted octanol–water partition coefficient (Wildman–Crippen LogP) is 1.19. The van der Waals surface area contributed by atoms with Gasteiger partial charge in [0.25, 0.3) is 0 Å². The lowest BCUT2D eigenvalue weighted by molar-refractivity contribution is -0.118. The summed E-state index contributed by atoms with van der Waals surface area (Å²) < 4.78 is 0. The molecule has 1 aromatic heterocycles. The van der Waals surface area contributed by atoms with Crippen molar-refractivity contribution in [2.24, 2.45) is 5.73 Å². The molecule has 0 radical (unpaired) electrons. The van der Waals surface area contributed by atoms with E-state index >= 15 is 0 Å². The molecule has 1 rings (SSSR count). The number of anilines is 2. The summed E-state index contributed by atoms with van der Waals surface area (Å²) in [5.74, 6) is 1.17. The van der Waals surface area contributed by atoms with Crippen molar-refractivity contribution in [3.05, 3.63) is 18.2 Å². The number of carbonyl (C=O) groups excluding carboxylic acids is 1. The quantitative estimate of drug-likeness (QED) is 0.699. The fraction of sp³-hybridized carbons (Fsp3) is 0.455. The van der Waals surface area contributed by atoms with Crippen LogP contribution in [0, 0.1) is 0 Å². The first kappa shape index (κ1) is 12.3. The average Bonchev–Trinajstić information content (AvgIpc) is 2.15. The van der Waals surface area contributed by atoms with Gasteiger partial charge in [0.05, 0.1) is 0 Å². The largest absolute Gasteiger partial charge is 0.373 e. The zero-order chi connectivity index (χ0) is 12.2. The lowest BCUT2D eigenvalue weighted by Crippen LogP contribution is -2.36. The smallest absolute Gasteiger partial charge is 0.219 e. The Morgan fingerprint density at radius 2 is 2.06 bits per heavy atom. The van der Waals surface area contributed by atoms with Crippen molar-refractivity contribution in [1.82, 2.24) is 4.98 Å². The molecule has 0 saturated carbocycles. The molecular weight excluding hydrogens is 204 g/mol. The zero-order valence-corrected chi connectivity index (χ0v) is 9.87. The Hall–Kier alpha value is -1.78. The summed E-state index contributed by atoms with van der Waals surface area (Å²) in [4.78, 5) is 15.2. The van der Waals surface area contributed by atoms with Crippen molar-refractivity contribution in [2.75, 3.05) is 17.7 Å². The third kappa shape index (κ3) is 3.76. The summed E-state index contributed by atoms with van der Waals surface area (Å²) in [5.41, 5.74) is 4.78. The maximum atomic E-state index is 10.9. The second-order valence-electron chi connectivity index (χ2n) is 4.31. The molecule has 0 aliphatic heterocycles. The van der Waals surface area contributed by atoms with Crippen molar-refractivity contribution in [3.8, 4) is 0 Å². The number of pyridine rings is 1. The van der Waals surface area contributed by atoms with E-state index in [4.69, 9.17) is 5.73 Å². The Labute approximate surface area is 95.4 Å². The molecule has 5 nitrogen and oxygen atoms in total. The van der Waals surface area contributed by atoms with Gasteiger partial charge < -0.3 is 16.4 Å². The van der Waals surface area contributed by atoms with Gasteiger partial charge in [0.2, 0.25) is 5.91 Å². The van der Waals surface area contributed by atoms with E-state index in [1.807, 2.05) is 32.0 Å². The predicted molar refractivity (Wildman–Crippen MR) is 65.3 cm³/mol. The number of amides is 1. The molecule has 0 fully saturated rings. The van der Waals surface area contributed by atoms with Crippen LogP contribution in [-0.4, -0.2) is 23.5 Å². The van der Waals surface area contributed by atoms with E-state index in [0.717, 1.165) is 11.6 Å². The van der Waals surface area contributed by atoms with Crippen molar-refractivity contribution in [3.63, 3.8) is 0 Å².